The molecule has 0 saturated carbocycles. The standard InChI is InChI=1S/C23H30N2O4/c1-23(2,3)17-5-7-18(8-6-17)29-16-22(26)24-20-15-19(27-4)9-10-21(20)25-11-13-28-14-12-25/h5-10,15H,11-14,16H2,1-4H3,(H,24,26). The highest BCUT2D eigenvalue weighted by atomic mass is 16.5. The lowest BCUT2D eigenvalue weighted by Gasteiger charge is -2.30. The summed E-state index contributed by atoms with van der Waals surface area (Å²) in [7, 11) is 1.61. The summed E-state index contributed by atoms with van der Waals surface area (Å²) in [5.41, 5.74) is 2.97. The predicted octanol–water partition coefficient (Wildman–Crippen LogP) is 3.85. The summed E-state index contributed by atoms with van der Waals surface area (Å²) in [5, 5.41) is 2.96. The molecular weight excluding hydrogens is 368 g/mol. The Morgan fingerprint density at radius 2 is 1.72 bits per heavy atom. The van der Waals surface area contributed by atoms with Crippen molar-refractivity contribution in [1.82, 2.24) is 0 Å². The van der Waals surface area contributed by atoms with E-state index in [1.165, 1.54) is 5.56 Å². The summed E-state index contributed by atoms with van der Waals surface area (Å²) >= 11 is 0. The van der Waals surface area contributed by atoms with E-state index in [-0.39, 0.29) is 17.9 Å². The number of nitrogens with zero attached hydrogens (tertiary/aromatic N) is 1. The van der Waals surface area contributed by atoms with Crippen LogP contribution in [0.2, 0.25) is 0 Å². The first-order valence-electron chi connectivity index (χ1n) is 9.91. The first kappa shape index (κ1) is 21.0. The number of hydrogen-bond acceptors (Lipinski definition) is 5. The Hall–Kier alpha value is -2.73. The van der Waals surface area contributed by atoms with E-state index in [0.717, 1.165) is 18.8 Å². The largest absolute Gasteiger partial charge is 0.497 e. The van der Waals surface area contributed by atoms with Crippen LogP contribution in [0.15, 0.2) is 42.5 Å². The Kier molecular flexibility index (Phi) is 6.64. The van der Waals surface area contributed by atoms with Crippen LogP contribution in [-0.4, -0.2) is 45.9 Å². The number of nitrogens with one attached hydrogen (secondary N) is 1. The normalized spacial score (nSPS) is 14.4. The molecule has 6 heteroatoms. The van der Waals surface area contributed by atoms with Gasteiger partial charge in [-0.15, -0.1) is 0 Å². The van der Waals surface area contributed by atoms with Crippen LogP contribution < -0.4 is 19.7 Å². The molecule has 3 rings (SSSR count). The highest BCUT2D eigenvalue weighted by Crippen LogP contribution is 2.31. The van der Waals surface area contributed by atoms with Crippen LogP contribution in [0.3, 0.4) is 0 Å². The molecule has 0 atom stereocenters. The zero-order valence-corrected chi connectivity index (χ0v) is 17.7. The first-order chi connectivity index (χ1) is 13.9. The average Bonchev–Trinajstić information content (AvgIpc) is 2.72. The fraction of sp³-hybridized carbons (Fsp3) is 0.435. The second-order valence-electron chi connectivity index (χ2n) is 8.09. The summed E-state index contributed by atoms with van der Waals surface area (Å²) in [5.74, 6) is 1.15. The molecule has 1 heterocycles. The minimum atomic E-state index is -0.215. The Balaban J connectivity index is 1.65. The number of methoxy groups -OCH3 is 1. The zero-order valence-electron chi connectivity index (χ0n) is 17.7. The van der Waals surface area contributed by atoms with Gasteiger partial charge in [-0.25, -0.2) is 0 Å². The van der Waals surface area contributed by atoms with Crippen molar-refractivity contribution in [3.8, 4) is 11.5 Å². The monoisotopic (exact) mass is 398 g/mol. The SMILES string of the molecule is COc1ccc(N2CCOCC2)c(NC(=O)COc2ccc(C(C)(C)C)cc2)c1. The molecule has 6 nitrogen and oxygen atoms in total. The molecule has 1 aliphatic heterocycles. The highest BCUT2D eigenvalue weighted by molar-refractivity contribution is 5.95. The maximum absolute atomic E-state index is 12.5. The molecule has 2 aromatic carbocycles. The van der Waals surface area contributed by atoms with Crippen molar-refractivity contribution < 1.29 is 19.0 Å². The van der Waals surface area contributed by atoms with Gasteiger partial charge in [0.2, 0.25) is 0 Å². The quantitative estimate of drug-likeness (QED) is 0.801. The van der Waals surface area contributed by atoms with Crippen molar-refractivity contribution in [3.05, 3.63) is 48.0 Å². The van der Waals surface area contributed by atoms with Crippen LogP contribution in [0.4, 0.5) is 11.4 Å². The van der Waals surface area contributed by atoms with Crippen molar-refractivity contribution in [2.75, 3.05) is 50.2 Å². The predicted molar refractivity (Wildman–Crippen MR) is 115 cm³/mol. The van der Waals surface area contributed by atoms with E-state index in [1.54, 1.807) is 7.11 Å². The van der Waals surface area contributed by atoms with Crippen LogP contribution in [0.25, 0.3) is 0 Å². The number of amides is 1. The van der Waals surface area contributed by atoms with Crippen LogP contribution in [0, 0.1) is 0 Å². The van der Waals surface area contributed by atoms with Gasteiger partial charge in [0.05, 0.1) is 31.7 Å². The summed E-state index contributed by atoms with van der Waals surface area (Å²) in [6.07, 6.45) is 0. The molecule has 156 valence electrons. The van der Waals surface area contributed by atoms with Gasteiger partial charge in [-0.2, -0.15) is 0 Å². The van der Waals surface area contributed by atoms with Crippen molar-refractivity contribution in [2.45, 2.75) is 26.2 Å². The Morgan fingerprint density at radius 1 is 1.07 bits per heavy atom. The molecule has 0 unspecified atom stereocenters. The zero-order chi connectivity index (χ0) is 20.9. The average molecular weight is 399 g/mol. The van der Waals surface area contributed by atoms with E-state index < -0.39 is 0 Å². The molecule has 0 aromatic heterocycles. The van der Waals surface area contributed by atoms with Gasteiger partial charge in [0, 0.05) is 19.2 Å². The van der Waals surface area contributed by atoms with Crippen molar-refractivity contribution >= 4 is 17.3 Å². The van der Waals surface area contributed by atoms with Gasteiger partial charge in [-0.3, -0.25) is 4.79 Å². The van der Waals surface area contributed by atoms with E-state index in [0.29, 0.717) is 30.4 Å². The molecule has 2 aromatic rings. The summed E-state index contributed by atoms with van der Waals surface area (Å²) in [4.78, 5) is 14.7. The molecule has 1 saturated heterocycles. The van der Waals surface area contributed by atoms with E-state index in [2.05, 4.69) is 31.0 Å². The summed E-state index contributed by atoms with van der Waals surface area (Å²) < 4.78 is 16.4. The Morgan fingerprint density at radius 3 is 2.34 bits per heavy atom. The van der Waals surface area contributed by atoms with Gasteiger partial charge < -0.3 is 24.4 Å². The molecule has 1 amide bonds. The number of hydrogen-bond donors (Lipinski definition) is 1. The maximum atomic E-state index is 12.5. The van der Waals surface area contributed by atoms with Crippen LogP contribution in [-0.2, 0) is 14.9 Å². The second-order valence-corrected chi connectivity index (χ2v) is 8.09. The minimum Gasteiger partial charge on any atom is -0.497 e. The summed E-state index contributed by atoms with van der Waals surface area (Å²) in [6, 6.07) is 13.6. The van der Waals surface area contributed by atoms with Gasteiger partial charge in [0.1, 0.15) is 11.5 Å². The number of ether oxygens (including phenoxy) is 3. The van der Waals surface area contributed by atoms with Crippen molar-refractivity contribution in [2.24, 2.45) is 0 Å². The number of benzene rings is 2. The van der Waals surface area contributed by atoms with Gasteiger partial charge in [0.25, 0.3) is 5.91 Å². The van der Waals surface area contributed by atoms with E-state index >= 15 is 0 Å². The Bertz CT molecular complexity index is 822. The smallest absolute Gasteiger partial charge is 0.262 e. The maximum Gasteiger partial charge on any atom is 0.262 e. The van der Waals surface area contributed by atoms with E-state index in [9.17, 15) is 4.79 Å². The first-order valence-corrected chi connectivity index (χ1v) is 9.91. The minimum absolute atomic E-state index is 0.0609. The third kappa shape index (κ3) is 5.64. The third-order valence-corrected chi connectivity index (χ3v) is 4.92. The molecule has 1 aliphatic rings. The molecule has 1 N–H and O–H groups in total. The number of carbonyl (C=O) groups is 1. The van der Waals surface area contributed by atoms with Gasteiger partial charge in [0.15, 0.2) is 6.61 Å². The number of anilines is 2. The fourth-order valence-corrected chi connectivity index (χ4v) is 3.21. The third-order valence-electron chi connectivity index (χ3n) is 4.92. The van der Waals surface area contributed by atoms with Crippen LogP contribution in [0.1, 0.15) is 26.3 Å². The van der Waals surface area contributed by atoms with E-state index in [1.807, 2.05) is 42.5 Å². The molecule has 0 spiro atoms. The molecule has 0 aliphatic carbocycles. The fourth-order valence-electron chi connectivity index (χ4n) is 3.21. The molecule has 0 bridgehead atoms. The lowest BCUT2D eigenvalue weighted by molar-refractivity contribution is -0.118. The summed E-state index contributed by atoms with van der Waals surface area (Å²) in [6.45, 7) is 9.34. The van der Waals surface area contributed by atoms with Gasteiger partial charge >= 0.3 is 0 Å². The second kappa shape index (κ2) is 9.18. The molecular formula is C23H30N2O4. The topological polar surface area (TPSA) is 60.0 Å². The Labute approximate surface area is 172 Å². The lowest BCUT2D eigenvalue weighted by atomic mass is 9.87. The number of morpholine rings is 1. The highest BCUT2D eigenvalue weighted by Gasteiger charge is 2.17. The lowest BCUT2D eigenvalue weighted by Crippen LogP contribution is -2.37. The van der Waals surface area contributed by atoms with E-state index in [4.69, 9.17) is 14.2 Å². The van der Waals surface area contributed by atoms with Gasteiger partial charge in [-0.05, 0) is 35.2 Å². The van der Waals surface area contributed by atoms with Crippen molar-refractivity contribution in [1.29, 1.82) is 0 Å². The number of rotatable bonds is 6. The number of carbonyl (C=O) groups excluding carboxylic acids is 1. The molecule has 1 fully saturated rings. The molecule has 0 radical (unpaired) electrons. The molecule has 29 heavy (non-hydrogen) atoms. The van der Waals surface area contributed by atoms with Crippen molar-refractivity contribution in [3.63, 3.8) is 0 Å². The van der Waals surface area contributed by atoms with Crippen LogP contribution >= 0.6 is 0 Å². The van der Waals surface area contributed by atoms with Crippen LogP contribution in [0.5, 0.6) is 11.5 Å². The van der Waals surface area contributed by atoms with Gasteiger partial charge in [-0.1, -0.05) is 32.9 Å².